The Balaban J connectivity index is 1.96. The van der Waals surface area contributed by atoms with E-state index in [1.165, 1.54) is 25.7 Å². The van der Waals surface area contributed by atoms with Crippen molar-refractivity contribution < 1.29 is 4.79 Å². The van der Waals surface area contributed by atoms with Gasteiger partial charge in [-0.3, -0.25) is 4.79 Å². The van der Waals surface area contributed by atoms with Crippen molar-refractivity contribution in [3.63, 3.8) is 0 Å². The summed E-state index contributed by atoms with van der Waals surface area (Å²) >= 11 is 0. The van der Waals surface area contributed by atoms with Gasteiger partial charge in [-0.2, -0.15) is 0 Å². The van der Waals surface area contributed by atoms with E-state index in [0.29, 0.717) is 18.5 Å². The minimum absolute atomic E-state index is 0.237. The molecule has 3 nitrogen and oxygen atoms in total. The molecule has 2 atom stereocenters. The second-order valence-electron chi connectivity index (χ2n) is 6.39. The highest BCUT2D eigenvalue weighted by Crippen LogP contribution is 2.37. The van der Waals surface area contributed by atoms with Crippen LogP contribution in [0.4, 0.5) is 0 Å². The maximum absolute atomic E-state index is 12.5. The minimum atomic E-state index is -0.244. The number of nitrogens with one attached hydrogen (secondary N) is 1. The summed E-state index contributed by atoms with van der Waals surface area (Å²) in [5, 5.41) is 3.32. The summed E-state index contributed by atoms with van der Waals surface area (Å²) in [6, 6.07) is 0.379. The second-order valence-corrected chi connectivity index (χ2v) is 6.39. The minimum Gasteiger partial charge on any atom is -0.353 e. The predicted molar refractivity (Wildman–Crippen MR) is 74.1 cm³/mol. The van der Waals surface area contributed by atoms with Crippen LogP contribution in [-0.2, 0) is 4.79 Å². The summed E-state index contributed by atoms with van der Waals surface area (Å²) in [7, 11) is 0. The van der Waals surface area contributed by atoms with Gasteiger partial charge in [0, 0.05) is 12.6 Å². The maximum atomic E-state index is 12.5. The van der Waals surface area contributed by atoms with Gasteiger partial charge in [0.05, 0.1) is 5.41 Å². The SMILES string of the molecule is CC1CCCCCC1NC(=O)C1(CN)CCCC1. The Hall–Kier alpha value is -0.570. The Kier molecular flexibility index (Phi) is 4.66. The van der Waals surface area contributed by atoms with E-state index in [4.69, 9.17) is 5.73 Å². The lowest BCUT2D eigenvalue weighted by Crippen LogP contribution is -2.49. The van der Waals surface area contributed by atoms with Gasteiger partial charge >= 0.3 is 0 Å². The van der Waals surface area contributed by atoms with E-state index in [2.05, 4.69) is 12.2 Å². The molecule has 0 spiro atoms. The van der Waals surface area contributed by atoms with Gasteiger partial charge in [-0.15, -0.1) is 0 Å². The molecule has 0 saturated heterocycles. The number of hydrogen-bond acceptors (Lipinski definition) is 2. The molecule has 0 bridgehead atoms. The molecule has 2 rings (SSSR count). The molecule has 0 radical (unpaired) electrons. The summed E-state index contributed by atoms with van der Waals surface area (Å²) in [6.07, 6.45) is 10.6. The molecule has 2 saturated carbocycles. The van der Waals surface area contributed by atoms with Crippen LogP contribution in [0.5, 0.6) is 0 Å². The summed E-state index contributed by atoms with van der Waals surface area (Å²) < 4.78 is 0. The largest absolute Gasteiger partial charge is 0.353 e. The van der Waals surface area contributed by atoms with Crippen LogP contribution < -0.4 is 11.1 Å². The van der Waals surface area contributed by atoms with Gasteiger partial charge in [0.25, 0.3) is 0 Å². The fourth-order valence-electron chi connectivity index (χ4n) is 3.60. The average Bonchev–Trinajstić information content (AvgIpc) is 2.78. The smallest absolute Gasteiger partial charge is 0.227 e. The van der Waals surface area contributed by atoms with Crippen LogP contribution in [0.25, 0.3) is 0 Å². The normalized spacial score (nSPS) is 31.9. The lowest BCUT2D eigenvalue weighted by Gasteiger charge is -2.31. The third kappa shape index (κ3) is 2.87. The standard InChI is InChI=1S/C15H28N2O/c1-12-7-3-2-4-8-13(12)17-14(18)15(11-16)9-5-6-10-15/h12-13H,2-11,16H2,1H3,(H,17,18). The molecule has 2 unspecified atom stereocenters. The van der Waals surface area contributed by atoms with Gasteiger partial charge < -0.3 is 11.1 Å². The molecule has 0 heterocycles. The quantitative estimate of drug-likeness (QED) is 0.759. The van der Waals surface area contributed by atoms with Crippen molar-refractivity contribution in [1.29, 1.82) is 0 Å². The van der Waals surface area contributed by atoms with E-state index in [-0.39, 0.29) is 11.3 Å². The van der Waals surface area contributed by atoms with E-state index in [9.17, 15) is 4.79 Å². The fraction of sp³-hybridized carbons (Fsp3) is 0.933. The highest BCUT2D eigenvalue weighted by atomic mass is 16.2. The molecule has 3 N–H and O–H groups in total. The molecule has 2 fully saturated rings. The first kappa shape index (κ1) is 13.9. The highest BCUT2D eigenvalue weighted by Gasteiger charge is 2.40. The second kappa shape index (κ2) is 6.05. The van der Waals surface area contributed by atoms with Gasteiger partial charge in [-0.05, 0) is 31.6 Å². The molecule has 2 aliphatic carbocycles. The number of hydrogen-bond donors (Lipinski definition) is 2. The zero-order valence-electron chi connectivity index (χ0n) is 11.7. The van der Waals surface area contributed by atoms with E-state index >= 15 is 0 Å². The summed E-state index contributed by atoms with van der Waals surface area (Å²) in [4.78, 5) is 12.5. The van der Waals surface area contributed by atoms with Gasteiger partial charge in [-0.25, -0.2) is 0 Å². The Morgan fingerprint density at radius 2 is 1.83 bits per heavy atom. The van der Waals surface area contributed by atoms with Gasteiger partial charge in [0.1, 0.15) is 0 Å². The predicted octanol–water partition coefficient (Wildman–Crippen LogP) is 2.59. The summed E-state index contributed by atoms with van der Waals surface area (Å²) in [6.45, 7) is 2.79. The van der Waals surface area contributed by atoms with Crippen molar-refractivity contribution in [3.8, 4) is 0 Å². The molecule has 0 aromatic carbocycles. The first-order valence-electron chi connectivity index (χ1n) is 7.69. The molecule has 0 aromatic heterocycles. The van der Waals surface area contributed by atoms with Crippen LogP contribution in [0, 0.1) is 11.3 Å². The third-order valence-electron chi connectivity index (χ3n) is 5.11. The van der Waals surface area contributed by atoms with Crippen LogP contribution in [-0.4, -0.2) is 18.5 Å². The highest BCUT2D eigenvalue weighted by molar-refractivity contribution is 5.83. The van der Waals surface area contributed by atoms with Crippen molar-refractivity contribution in [3.05, 3.63) is 0 Å². The molecule has 0 aliphatic heterocycles. The topological polar surface area (TPSA) is 55.1 Å². The zero-order valence-corrected chi connectivity index (χ0v) is 11.7. The average molecular weight is 252 g/mol. The van der Waals surface area contributed by atoms with Crippen LogP contribution >= 0.6 is 0 Å². The number of amides is 1. The summed E-state index contributed by atoms with van der Waals surface area (Å²) in [5.74, 6) is 0.855. The lowest BCUT2D eigenvalue weighted by molar-refractivity contribution is -0.131. The monoisotopic (exact) mass is 252 g/mol. The van der Waals surface area contributed by atoms with Crippen LogP contribution in [0.1, 0.15) is 64.7 Å². The van der Waals surface area contributed by atoms with Crippen molar-refractivity contribution in [1.82, 2.24) is 5.32 Å². The van der Waals surface area contributed by atoms with Gasteiger partial charge in [0.2, 0.25) is 5.91 Å². The molecular formula is C15H28N2O. The van der Waals surface area contributed by atoms with E-state index < -0.39 is 0 Å². The van der Waals surface area contributed by atoms with Crippen molar-refractivity contribution >= 4 is 5.91 Å². The molecule has 104 valence electrons. The summed E-state index contributed by atoms with van der Waals surface area (Å²) in [5.41, 5.74) is 5.64. The van der Waals surface area contributed by atoms with Crippen LogP contribution in [0.2, 0.25) is 0 Å². The van der Waals surface area contributed by atoms with Gasteiger partial charge in [0.15, 0.2) is 0 Å². The number of nitrogens with two attached hydrogens (primary N) is 1. The molecule has 18 heavy (non-hydrogen) atoms. The van der Waals surface area contributed by atoms with Gasteiger partial charge in [-0.1, -0.05) is 39.0 Å². The van der Waals surface area contributed by atoms with Crippen molar-refractivity contribution in [2.45, 2.75) is 70.8 Å². The van der Waals surface area contributed by atoms with Crippen molar-refractivity contribution in [2.24, 2.45) is 17.1 Å². The maximum Gasteiger partial charge on any atom is 0.227 e. The Bertz CT molecular complexity index is 284. The molecule has 1 amide bonds. The Morgan fingerprint density at radius 1 is 1.17 bits per heavy atom. The molecule has 3 heteroatoms. The number of carbonyl (C=O) groups is 1. The number of carbonyl (C=O) groups excluding carboxylic acids is 1. The third-order valence-corrected chi connectivity index (χ3v) is 5.11. The van der Waals surface area contributed by atoms with E-state index in [1.807, 2.05) is 0 Å². The fourth-order valence-corrected chi connectivity index (χ4v) is 3.60. The molecule has 2 aliphatic rings. The Morgan fingerprint density at radius 3 is 2.50 bits per heavy atom. The molecular weight excluding hydrogens is 224 g/mol. The van der Waals surface area contributed by atoms with E-state index in [1.54, 1.807) is 0 Å². The first-order valence-corrected chi connectivity index (χ1v) is 7.69. The van der Waals surface area contributed by atoms with Crippen LogP contribution in [0.15, 0.2) is 0 Å². The van der Waals surface area contributed by atoms with E-state index in [0.717, 1.165) is 32.1 Å². The van der Waals surface area contributed by atoms with Crippen LogP contribution in [0.3, 0.4) is 0 Å². The zero-order chi connectivity index (χ0) is 13.0. The van der Waals surface area contributed by atoms with Crippen molar-refractivity contribution in [2.75, 3.05) is 6.54 Å². The Labute approximate surface area is 111 Å². The molecule has 0 aromatic rings. The number of rotatable bonds is 3. The first-order chi connectivity index (χ1) is 8.68. The lowest BCUT2D eigenvalue weighted by atomic mass is 9.84.